The lowest BCUT2D eigenvalue weighted by Crippen LogP contribution is -2.55. The Hall–Kier alpha value is -7.71. The molecule has 88 heavy (non-hydrogen) atoms. The fourth-order valence-corrected chi connectivity index (χ4v) is 11.9. The topological polar surface area (TPSA) is 329 Å². The highest BCUT2D eigenvalue weighted by molar-refractivity contribution is 5.95. The number of carbonyl (C=O) groups excluding carboxylic acids is 7. The molecule has 2 aromatic rings. The number of hydrogen-bond acceptors (Lipinski definition) is 16. The first-order valence-electron chi connectivity index (χ1n) is 30.2. The summed E-state index contributed by atoms with van der Waals surface area (Å²) in [5.74, 6) is -10.3. The van der Waals surface area contributed by atoms with Gasteiger partial charge in [-0.05, 0) is 67.7 Å². The number of carboxylic acids is 3. The highest BCUT2D eigenvalue weighted by Crippen LogP contribution is 2.34. The van der Waals surface area contributed by atoms with E-state index >= 15 is 0 Å². The first kappa shape index (κ1) is 67.8. The highest BCUT2D eigenvalue weighted by Gasteiger charge is 2.50. The molecule has 2 aromatic carbocycles. The summed E-state index contributed by atoms with van der Waals surface area (Å²) >= 11 is 0. The van der Waals surface area contributed by atoms with Gasteiger partial charge in [-0.15, -0.1) is 0 Å². The molecule has 7 rings (SSSR count). The number of rotatable bonds is 26. The molecule has 0 radical (unpaired) electrons. The van der Waals surface area contributed by atoms with Crippen LogP contribution >= 0.6 is 0 Å². The standard InChI is InChI=1S/C60H83F2N13O13/c1-41-11-13-42(14-12-41)6-4-10-50(76)65-32-51(77)66-48(9-2-3-15-64-52(78)36-69-16-18-70(37-54(80)81)20-22-72(39-56(84)85)23-21-71(19-17-69)38-55(82)83)58(87)73-26-24-68(25-27-73)33-43-7-5-8-44-34-74(35-47(43)44)53(79)29-45-28-49(67-57(45)86)59(88)75-40-60(61,62)30-46(75)31-63/h5,7-8,11-14,45-46,48-49H,2-4,6,9-10,15-30,32-40H2,1H3,(H,64,78)(H,65,76)(H,66,77)(H,67,86)(H,80,81)(H,82,83)(H,84,85)/t45-,46-,48-,49-/m0/s1. The van der Waals surface area contributed by atoms with Crippen LogP contribution in [0.15, 0.2) is 42.5 Å². The zero-order chi connectivity index (χ0) is 63.5. The number of aliphatic carboxylic acids is 3. The van der Waals surface area contributed by atoms with Crippen molar-refractivity contribution < 1.29 is 72.0 Å². The van der Waals surface area contributed by atoms with E-state index in [-0.39, 0.29) is 147 Å². The van der Waals surface area contributed by atoms with Crippen LogP contribution in [0.4, 0.5) is 8.78 Å². The molecular weight excluding hydrogens is 1150 g/mol. The predicted octanol–water partition coefficient (Wildman–Crippen LogP) is -0.478. The second kappa shape index (κ2) is 32.5. The molecule has 0 saturated carbocycles. The minimum Gasteiger partial charge on any atom is -0.480 e. The number of carbonyl (C=O) groups is 10. The fraction of sp³-hybridized carbons (Fsp3) is 0.617. The summed E-state index contributed by atoms with van der Waals surface area (Å²) in [7, 11) is 0. The number of nitriles is 1. The van der Waals surface area contributed by atoms with Gasteiger partial charge in [0.05, 0.1) is 45.3 Å². The van der Waals surface area contributed by atoms with Gasteiger partial charge in [0.15, 0.2) is 0 Å². The molecule has 480 valence electrons. The monoisotopic (exact) mass is 1230 g/mol. The van der Waals surface area contributed by atoms with E-state index in [2.05, 4.69) is 26.2 Å². The van der Waals surface area contributed by atoms with Crippen LogP contribution in [0.2, 0.25) is 0 Å². The first-order chi connectivity index (χ1) is 42.0. The molecule has 4 atom stereocenters. The van der Waals surface area contributed by atoms with Gasteiger partial charge in [0.1, 0.15) is 18.1 Å². The molecule has 0 aliphatic carbocycles. The molecule has 5 heterocycles. The van der Waals surface area contributed by atoms with Crippen LogP contribution in [0.25, 0.3) is 0 Å². The lowest BCUT2D eigenvalue weighted by Gasteiger charge is -2.37. The molecule has 0 aromatic heterocycles. The van der Waals surface area contributed by atoms with Gasteiger partial charge in [-0.2, -0.15) is 5.26 Å². The summed E-state index contributed by atoms with van der Waals surface area (Å²) in [5, 5.41) is 49.0. The van der Waals surface area contributed by atoms with Crippen LogP contribution in [0.3, 0.4) is 0 Å². The molecule has 0 spiro atoms. The second-order valence-corrected chi connectivity index (χ2v) is 23.6. The normalized spacial score (nSPS) is 21.0. The van der Waals surface area contributed by atoms with Crippen molar-refractivity contribution in [1.29, 1.82) is 5.26 Å². The van der Waals surface area contributed by atoms with Crippen molar-refractivity contribution in [2.75, 3.05) is 124 Å². The molecule has 0 bridgehead atoms. The zero-order valence-corrected chi connectivity index (χ0v) is 50.0. The summed E-state index contributed by atoms with van der Waals surface area (Å²) in [6, 6.07) is 12.2. The number of benzene rings is 2. The Balaban J connectivity index is 0.903. The van der Waals surface area contributed by atoms with E-state index in [0.29, 0.717) is 65.0 Å². The van der Waals surface area contributed by atoms with Gasteiger partial charge in [-0.25, -0.2) is 8.78 Å². The Labute approximate surface area is 510 Å². The third kappa shape index (κ3) is 21.0. The summed E-state index contributed by atoms with van der Waals surface area (Å²) in [4.78, 5) is 142. The van der Waals surface area contributed by atoms with Crippen LogP contribution in [-0.2, 0) is 74.0 Å². The third-order valence-corrected chi connectivity index (χ3v) is 16.8. The van der Waals surface area contributed by atoms with Gasteiger partial charge >= 0.3 is 17.9 Å². The van der Waals surface area contributed by atoms with Gasteiger partial charge in [-0.3, -0.25) is 72.4 Å². The maximum Gasteiger partial charge on any atom is 0.317 e. The third-order valence-electron chi connectivity index (χ3n) is 16.8. The van der Waals surface area contributed by atoms with Gasteiger partial charge in [0, 0.05) is 130 Å². The number of alkyl halides is 2. The second-order valence-electron chi connectivity index (χ2n) is 23.6. The number of hydrogen-bond donors (Lipinski definition) is 7. The molecule has 28 heteroatoms. The minimum absolute atomic E-state index is 0.0601. The first-order valence-corrected chi connectivity index (χ1v) is 30.2. The number of likely N-dealkylation sites (tertiary alicyclic amines) is 1. The van der Waals surface area contributed by atoms with Crippen LogP contribution in [0.1, 0.15) is 79.2 Å². The van der Waals surface area contributed by atoms with Crippen LogP contribution < -0.4 is 21.3 Å². The summed E-state index contributed by atoms with van der Waals surface area (Å²) in [6.45, 7) is 4.72. The number of aryl methyl sites for hydroxylation is 2. The Morgan fingerprint density at radius 3 is 1.89 bits per heavy atom. The number of piperazine rings is 1. The highest BCUT2D eigenvalue weighted by atomic mass is 19.3. The average Bonchev–Trinajstić information content (AvgIpc) is 4.26. The number of unbranched alkanes of at least 4 members (excludes halogenated alkanes) is 1. The van der Waals surface area contributed by atoms with Crippen molar-refractivity contribution in [1.82, 2.24) is 60.5 Å². The molecule has 4 saturated heterocycles. The Kier molecular flexibility index (Phi) is 25.0. The summed E-state index contributed by atoms with van der Waals surface area (Å²) in [6.07, 6.45) is 1.51. The molecule has 0 unspecified atom stereocenters. The Morgan fingerprint density at radius 2 is 1.30 bits per heavy atom. The lowest BCUT2D eigenvalue weighted by atomic mass is 9.99. The van der Waals surface area contributed by atoms with E-state index in [9.17, 15) is 77.3 Å². The molecule has 7 N–H and O–H groups in total. The predicted molar refractivity (Wildman–Crippen MR) is 312 cm³/mol. The van der Waals surface area contributed by atoms with Crippen molar-refractivity contribution in [2.45, 2.75) is 108 Å². The molecule has 5 aliphatic rings. The molecule has 5 aliphatic heterocycles. The van der Waals surface area contributed by atoms with E-state index < -0.39 is 78.6 Å². The van der Waals surface area contributed by atoms with Crippen molar-refractivity contribution in [2.24, 2.45) is 5.92 Å². The molecule has 4 fully saturated rings. The molecule has 26 nitrogen and oxygen atoms in total. The molecule has 7 amide bonds. The van der Waals surface area contributed by atoms with E-state index in [1.54, 1.807) is 30.6 Å². The minimum atomic E-state index is -3.21. The SMILES string of the molecule is Cc1ccc(CCCC(=O)NCC(=O)N[C@@H](CCCCNC(=O)CN2CCN(CC(=O)O)CCN(CC(=O)O)CCN(CC(=O)O)CC2)C(=O)N2CCN(Cc3cccc4c3CN(C(=O)C[C@@H]3C[C@@H](C(=O)N5CC(F)(F)C[C@H]5C#N)NC3=O)C4)CC2)cc1. The van der Waals surface area contributed by atoms with Crippen molar-refractivity contribution in [3.05, 3.63) is 70.3 Å². The average molecular weight is 1230 g/mol. The smallest absolute Gasteiger partial charge is 0.317 e. The van der Waals surface area contributed by atoms with Gasteiger partial charge < -0.3 is 51.3 Å². The van der Waals surface area contributed by atoms with E-state index in [4.69, 9.17) is 0 Å². The van der Waals surface area contributed by atoms with Crippen molar-refractivity contribution >= 4 is 59.3 Å². The van der Waals surface area contributed by atoms with Gasteiger partial charge in [-0.1, -0.05) is 48.0 Å². The van der Waals surface area contributed by atoms with Crippen LogP contribution in [0.5, 0.6) is 0 Å². The quantitative estimate of drug-likeness (QED) is 0.0585. The lowest BCUT2D eigenvalue weighted by molar-refractivity contribution is -0.140. The number of nitrogens with one attached hydrogen (secondary N) is 4. The number of fused-ring (bicyclic) bond motifs is 1. The number of amides is 7. The van der Waals surface area contributed by atoms with Crippen LogP contribution in [-0.4, -0.2) is 262 Å². The molecular formula is C60H83F2N13O13. The maximum absolute atomic E-state index is 14.4. The Morgan fingerprint density at radius 1 is 0.705 bits per heavy atom. The fourth-order valence-electron chi connectivity index (χ4n) is 11.9. The van der Waals surface area contributed by atoms with E-state index in [0.717, 1.165) is 32.7 Å². The van der Waals surface area contributed by atoms with E-state index in [1.807, 2.05) is 54.3 Å². The number of carboxylic acid groups (broad SMARTS) is 3. The largest absolute Gasteiger partial charge is 0.480 e. The van der Waals surface area contributed by atoms with E-state index in [1.165, 1.54) is 0 Å². The summed E-state index contributed by atoms with van der Waals surface area (Å²) < 4.78 is 28.2. The number of nitrogens with zero attached hydrogens (tertiary/aromatic N) is 9. The van der Waals surface area contributed by atoms with Crippen molar-refractivity contribution in [3.63, 3.8) is 0 Å². The number of halogens is 2. The maximum atomic E-state index is 14.4. The zero-order valence-electron chi connectivity index (χ0n) is 50.0. The summed E-state index contributed by atoms with van der Waals surface area (Å²) in [5.41, 5.74) is 5.11. The van der Waals surface area contributed by atoms with Crippen molar-refractivity contribution in [3.8, 4) is 6.07 Å². The van der Waals surface area contributed by atoms with Gasteiger partial charge in [0.2, 0.25) is 41.4 Å². The van der Waals surface area contributed by atoms with Crippen LogP contribution in [0, 0.1) is 24.2 Å². The van der Waals surface area contributed by atoms with Gasteiger partial charge in [0.25, 0.3) is 5.92 Å². The Bertz CT molecular complexity index is 2840.